The number of hydrogen-bond donors (Lipinski definition) is 1. The summed E-state index contributed by atoms with van der Waals surface area (Å²) >= 11 is 0. The molecule has 1 N–H and O–H groups in total. The van der Waals surface area contributed by atoms with E-state index >= 15 is 0 Å². The van der Waals surface area contributed by atoms with E-state index in [1.54, 1.807) is 18.1 Å². The third-order valence-electron chi connectivity index (χ3n) is 2.08. The van der Waals surface area contributed by atoms with Gasteiger partial charge in [0, 0.05) is 26.6 Å². The Labute approximate surface area is 92.3 Å². The molecule has 4 nitrogen and oxygen atoms in total. The Morgan fingerprint density at radius 2 is 2.33 bits per heavy atom. The summed E-state index contributed by atoms with van der Waals surface area (Å²) in [5.74, 6) is 0.169. The zero-order valence-corrected chi connectivity index (χ0v) is 9.79. The smallest absolute Gasteiger partial charge is 0.222 e. The zero-order valence-electron chi connectivity index (χ0n) is 9.79. The lowest BCUT2D eigenvalue weighted by Gasteiger charge is -2.20. The molecule has 1 amide bonds. The van der Waals surface area contributed by atoms with E-state index in [9.17, 15) is 4.79 Å². The highest BCUT2D eigenvalue weighted by molar-refractivity contribution is 5.76. The van der Waals surface area contributed by atoms with Crippen molar-refractivity contribution in [3.63, 3.8) is 0 Å². The fourth-order valence-electron chi connectivity index (χ4n) is 1.25. The van der Waals surface area contributed by atoms with Gasteiger partial charge in [-0.05, 0) is 20.0 Å². The van der Waals surface area contributed by atoms with Crippen LogP contribution in [0.4, 0.5) is 0 Å². The average Bonchev–Trinajstić information content (AvgIpc) is 2.24. The van der Waals surface area contributed by atoms with Crippen LogP contribution in [0, 0.1) is 0 Å². The van der Waals surface area contributed by atoms with E-state index in [1.807, 2.05) is 7.05 Å². The maximum Gasteiger partial charge on any atom is 0.222 e. The van der Waals surface area contributed by atoms with Crippen LogP contribution in [0.15, 0.2) is 12.7 Å². The van der Waals surface area contributed by atoms with Crippen molar-refractivity contribution in [3.05, 3.63) is 12.7 Å². The van der Waals surface area contributed by atoms with Gasteiger partial charge >= 0.3 is 0 Å². The van der Waals surface area contributed by atoms with Gasteiger partial charge < -0.3 is 15.0 Å². The predicted molar refractivity (Wildman–Crippen MR) is 61.8 cm³/mol. The molecule has 88 valence electrons. The first kappa shape index (κ1) is 14.1. The van der Waals surface area contributed by atoms with E-state index in [4.69, 9.17) is 4.74 Å². The molecule has 0 heterocycles. The van der Waals surface area contributed by atoms with Gasteiger partial charge in [0.1, 0.15) is 0 Å². The second-order valence-electron chi connectivity index (χ2n) is 3.33. The third kappa shape index (κ3) is 7.11. The number of amides is 1. The summed E-state index contributed by atoms with van der Waals surface area (Å²) in [4.78, 5) is 13.5. The molecule has 4 heteroatoms. The van der Waals surface area contributed by atoms with E-state index in [0.29, 0.717) is 26.1 Å². The van der Waals surface area contributed by atoms with Gasteiger partial charge in [0.25, 0.3) is 0 Å². The molecule has 0 aliphatic rings. The van der Waals surface area contributed by atoms with Gasteiger partial charge in [0.05, 0.1) is 6.61 Å². The molecule has 15 heavy (non-hydrogen) atoms. The molecule has 0 aliphatic carbocycles. The van der Waals surface area contributed by atoms with Gasteiger partial charge in [0.2, 0.25) is 5.91 Å². The molecule has 0 bridgehead atoms. The van der Waals surface area contributed by atoms with Crippen LogP contribution in [-0.2, 0) is 9.53 Å². The van der Waals surface area contributed by atoms with Gasteiger partial charge in [-0.3, -0.25) is 4.79 Å². The van der Waals surface area contributed by atoms with Gasteiger partial charge in [-0.2, -0.15) is 0 Å². The molecule has 0 saturated heterocycles. The average molecular weight is 214 g/mol. The van der Waals surface area contributed by atoms with E-state index < -0.39 is 0 Å². The lowest BCUT2D eigenvalue weighted by Crippen LogP contribution is -2.34. The number of nitrogens with one attached hydrogen (secondary N) is 1. The van der Waals surface area contributed by atoms with Crippen molar-refractivity contribution in [1.82, 2.24) is 10.2 Å². The maximum absolute atomic E-state index is 11.7. The Morgan fingerprint density at radius 1 is 1.60 bits per heavy atom. The molecule has 0 atom stereocenters. The molecule has 0 saturated carbocycles. The van der Waals surface area contributed by atoms with Crippen LogP contribution < -0.4 is 5.32 Å². The molecular formula is C11H22N2O2. The number of methoxy groups -OCH3 is 1. The minimum atomic E-state index is 0.169. The first-order valence-corrected chi connectivity index (χ1v) is 5.28. The van der Waals surface area contributed by atoms with Crippen LogP contribution in [0.25, 0.3) is 0 Å². The Bertz CT molecular complexity index is 183. The van der Waals surface area contributed by atoms with E-state index in [-0.39, 0.29) is 5.91 Å². The Kier molecular flexibility index (Phi) is 9.11. The highest BCUT2D eigenvalue weighted by Crippen LogP contribution is 1.98. The van der Waals surface area contributed by atoms with Crippen LogP contribution in [0.2, 0.25) is 0 Å². The molecule has 0 spiro atoms. The molecule has 0 aromatic carbocycles. The highest BCUT2D eigenvalue weighted by atomic mass is 16.5. The monoisotopic (exact) mass is 214 g/mol. The fourth-order valence-corrected chi connectivity index (χ4v) is 1.25. The van der Waals surface area contributed by atoms with E-state index in [2.05, 4.69) is 11.9 Å². The van der Waals surface area contributed by atoms with Crippen molar-refractivity contribution in [3.8, 4) is 0 Å². The summed E-state index contributed by atoms with van der Waals surface area (Å²) < 4.78 is 4.95. The van der Waals surface area contributed by atoms with Gasteiger partial charge in [-0.15, -0.1) is 6.58 Å². The Balaban J connectivity index is 3.86. The van der Waals surface area contributed by atoms with Gasteiger partial charge in [-0.1, -0.05) is 6.08 Å². The second-order valence-corrected chi connectivity index (χ2v) is 3.33. The van der Waals surface area contributed by atoms with E-state index in [1.165, 1.54) is 0 Å². The van der Waals surface area contributed by atoms with Crippen molar-refractivity contribution in [2.24, 2.45) is 0 Å². The number of ether oxygens (including phenoxy) is 1. The summed E-state index contributed by atoms with van der Waals surface area (Å²) in [5.41, 5.74) is 0. The summed E-state index contributed by atoms with van der Waals surface area (Å²) in [5, 5.41) is 3.02. The zero-order chi connectivity index (χ0) is 11.5. The first-order valence-electron chi connectivity index (χ1n) is 5.28. The number of hydrogen-bond acceptors (Lipinski definition) is 3. The van der Waals surface area contributed by atoms with Crippen LogP contribution in [0.3, 0.4) is 0 Å². The summed E-state index contributed by atoms with van der Waals surface area (Å²) in [7, 11) is 3.52. The van der Waals surface area contributed by atoms with Crippen LogP contribution in [0.5, 0.6) is 0 Å². The minimum Gasteiger partial charge on any atom is -0.383 e. The normalized spacial score (nSPS) is 10.0. The number of rotatable bonds is 9. The first-order chi connectivity index (χ1) is 7.26. The molecule has 0 fully saturated rings. The van der Waals surface area contributed by atoms with Crippen molar-refractivity contribution in [2.45, 2.75) is 12.8 Å². The van der Waals surface area contributed by atoms with Crippen LogP contribution in [0.1, 0.15) is 12.8 Å². The molecule has 0 aliphatic heterocycles. The number of carbonyl (C=O) groups excluding carboxylic acids is 1. The molecule has 0 rings (SSSR count). The van der Waals surface area contributed by atoms with Gasteiger partial charge in [-0.25, -0.2) is 0 Å². The maximum atomic E-state index is 11.7. The Morgan fingerprint density at radius 3 is 2.87 bits per heavy atom. The fraction of sp³-hybridized carbons (Fsp3) is 0.727. The standard InChI is InChI=1S/C11H22N2O2/c1-4-8-13(9-10-15-3)11(14)6-5-7-12-2/h4,12H,1,5-10H2,2-3H3. The molecule has 0 unspecified atom stereocenters. The molecular weight excluding hydrogens is 192 g/mol. The van der Waals surface area contributed by atoms with Crippen molar-refractivity contribution >= 4 is 5.91 Å². The largest absolute Gasteiger partial charge is 0.383 e. The Hall–Kier alpha value is -0.870. The number of nitrogens with zero attached hydrogens (tertiary/aromatic N) is 1. The number of carbonyl (C=O) groups is 1. The molecule has 0 aromatic heterocycles. The summed E-state index contributed by atoms with van der Waals surface area (Å²) in [6.45, 7) is 6.33. The molecule has 0 aromatic rings. The van der Waals surface area contributed by atoms with Crippen molar-refractivity contribution in [1.29, 1.82) is 0 Å². The molecule has 0 radical (unpaired) electrons. The van der Waals surface area contributed by atoms with E-state index in [0.717, 1.165) is 13.0 Å². The van der Waals surface area contributed by atoms with Crippen LogP contribution in [-0.4, -0.2) is 51.2 Å². The van der Waals surface area contributed by atoms with Crippen molar-refractivity contribution in [2.75, 3.05) is 40.4 Å². The third-order valence-corrected chi connectivity index (χ3v) is 2.08. The van der Waals surface area contributed by atoms with Gasteiger partial charge in [0.15, 0.2) is 0 Å². The topological polar surface area (TPSA) is 41.6 Å². The summed E-state index contributed by atoms with van der Waals surface area (Å²) in [6, 6.07) is 0. The SMILES string of the molecule is C=CCN(CCOC)C(=O)CCCNC. The quantitative estimate of drug-likeness (QED) is 0.452. The lowest BCUT2D eigenvalue weighted by molar-refractivity contribution is -0.131. The van der Waals surface area contributed by atoms with Crippen molar-refractivity contribution < 1.29 is 9.53 Å². The predicted octanol–water partition coefficient (Wildman–Crippen LogP) is 0.647. The summed E-state index contributed by atoms with van der Waals surface area (Å²) in [6.07, 6.45) is 3.19. The minimum absolute atomic E-state index is 0.169. The second kappa shape index (κ2) is 9.68. The highest BCUT2D eigenvalue weighted by Gasteiger charge is 2.10. The van der Waals surface area contributed by atoms with Crippen LogP contribution >= 0.6 is 0 Å². The lowest BCUT2D eigenvalue weighted by atomic mass is 10.2.